The van der Waals surface area contributed by atoms with E-state index in [2.05, 4.69) is 5.32 Å². The Morgan fingerprint density at radius 1 is 1.53 bits per heavy atom. The lowest BCUT2D eigenvalue weighted by atomic mass is 10.2. The van der Waals surface area contributed by atoms with Crippen LogP contribution in [0.3, 0.4) is 0 Å². The highest BCUT2D eigenvalue weighted by Crippen LogP contribution is 2.13. The monoisotopic (exact) mass is 205 g/mol. The summed E-state index contributed by atoms with van der Waals surface area (Å²) in [5.74, 6) is 0.807. The Kier molecular flexibility index (Phi) is 4.41. The normalized spacial score (nSPS) is 10.3. The highest BCUT2D eigenvalue weighted by molar-refractivity contribution is 5.73. The molecule has 0 saturated carbocycles. The van der Waals surface area contributed by atoms with Gasteiger partial charge < -0.3 is 10.1 Å². The van der Waals surface area contributed by atoms with E-state index in [0.717, 1.165) is 11.3 Å². The molecule has 3 nitrogen and oxygen atoms in total. The first-order chi connectivity index (χ1) is 7.22. The molecule has 0 atom stereocenters. The van der Waals surface area contributed by atoms with Crippen LogP contribution in [0.15, 0.2) is 30.3 Å². The first-order valence-corrected chi connectivity index (χ1v) is 4.77. The Balaban J connectivity index is 2.52. The van der Waals surface area contributed by atoms with E-state index in [9.17, 15) is 4.79 Å². The van der Waals surface area contributed by atoms with E-state index in [4.69, 9.17) is 4.74 Å². The number of benzene rings is 1. The zero-order chi connectivity index (χ0) is 11.1. The van der Waals surface area contributed by atoms with Crippen molar-refractivity contribution in [1.29, 1.82) is 0 Å². The molecular weight excluding hydrogens is 190 g/mol. The molecule has 1 amide bonds. The fourth-order valence-electron chi connectivity index (χ4n) is 1.14. The minimum absolute atomic E-state index is 0.0229. The van der Waals surface area contributed by atoms with Gasteiger partial charge in [-0.15, -0.1) is 0 Å². The lowest BCUT2D eigenvalue weighted by Crippen LogP contribution is -2.19. The minimum Gasteiger partial charge on any atom is -0.497 e. The van der Waals surface area contributed by atoms with Crippen molar-refractivity contribution in [3.8, 4) is 5.75 Å². The zero-order valence-corrected chi connectivity index (χ0v) is 8.99. The average molecular weight is 205 g/mol. The summed E-state index contributed by atoms with van der Waals surface area (Å²) in [5.41, 5.74) is 1.06. The Bertz CT molecular complexity index is 358. The van der Waals surface area contributed by atoms with Crippen molar-refractivity contribution in [2.45, 2.75) is 6.92 Å². The van der Waals surface area contributed by atoms with Crippen molar-refractivity contribution < 1.29 is 9.53 Å². The van der Waals surface area contributed by atoms with Gasteiger partial charge in [0.1, 0.15) is 5.75 Å². The van der Waals surface area contributed by atoms with Crippen LogP contribution in [-0.4, -0.2) is 19.6 Å². The Labute approximate surface area is 89.8 Å². The molecule has 1 aromatic rings. The number of amides is 1. The van der Waals surface area contributed by atoms with Crippen molar-refractivity contribution in [3.63, 3.8) is 0 Å². The summed E-state index contributed by atoms with van der Waals surface area (Å²) in [6.45, 7) is 2.05. The van der Waals surface area contributed by atoms with Crippen LogP contribution in [0.25, 0.3) is 6.08 Å². The van der Waals surface area contributed by atoms with Crippen molar-refractivity contribution >= 4 is 12.0 Å². The molecule has 0 heterocycles. The van der Waals surface area contributed by atoms with Gasteiger partial charge in [0.2, 0.25) is 5.91 Å². The summed E-state index contributed by atoms with van der Waals surface area (Å²) < 4.78 is 5.10. The summed E-state index contributed by atoms with van der Waals surface area (Å²) in [7, 11) is 1.64. The number of hydrogen-bond donors (Lipinski definition) is 1. The highest BCUT2D eigenvalue weighted by Gasteiger charge is 1.91. The van der Waals surface area contributed by atoms with Crippen LogP contribution < -0.4 is 10.1 Å². The SMILES string of the molecule is COc1cccc(/C=C/CNC(C)=O)c1. The van der Waals surface area contributed by atoms with E-state index < -0.39 is 0 Å². The van der Waals surface area contributed by atoms with Crippen LogP contribution in [-0.2, 0) is 4.79 Å². The Morgan fingerprint density at radius 2 is 2.33 bits per heavy atom. The van der Waals surface area contributed by atoms with Crippen LogP contribution >= 0.6 is 0 Å². The maximum Gasteiger partial charge on any atom is 0.217 e. The maximum atomic E-state index is 10.6. The smallest absolute Gasteiger partial charge is 0.217 e. The van der Waals surface area contributed by atoms with Crippen molar-refractivity contribution in [2.75, 3.05) is 13.7 Å². The van der Waals surface area contributed by atoms with Gasteiger partial charge in [0.05, 0.1) is 7.11 Å². The van der Waals surface area contributed by atoms with Crippen LogP contribution in [0.1, 0.15) is 12.5 Å². The number of hydrogen-bond acceptors (Lipinski definition) is 2. The number of rotatable bonds is 4. The molecule has 0 fully saturated rings. The molecule has 1 rings (SSSR count). The summed E-state index contributed by atoms with van der Waals surface area (Å²) in [6, 6.07) is 7.74. The fourth-order valence-corrected chi connectivity index (χ4v) is 1.14. The van der Waals surface area contributed by atoms with E-state index in [1.165, 1.54) is 6.92 Å². The number of ether oxygens (including phenoxy) is 1. The topological polar surface area (TPSA) is 38.3 Å². The van der Waals surface area contributed by atoms with Crippen LogP contribution in [0.2, 0.25) is 0 Å². The van der Waals surface area contributed by atoms with E-state index in [1.807, 2.05) is 36.4 Å². The molecule has 1 aromatic carbocycles. The van der Waals surface area contributed by atoms with Crippen LogP contribution in [0.4, 0.5) is 0 Å². The second-order valence-electron chi connectivity index (χ2n) is 3.12. The third kappa shape index (κ3) is 4.31. The van der Waals surface area contributed by atoms with Gasteiger partial charge >= 0.3 is 0 Å². The largest absolute Gasteiger partial charge is 0.497 e. The van der Waals surface area contributed by atoms with Gasteiger partial charge in [-0.1, -0.05) is 24.3 Å². The zero-order valence-electron chi connectivity index (χ0n) is 8.99. The van der Waals surface area contributed by atoms with Crippen molar-refractivity contribution in [1.82, 2.24) is 5.32 Å². The predicted octanol–water partition coefficient (Wildman–Crippen LogP) is 1.84. The molecule has 1 N–H and O–H groups in total. The highest BCUT2D eigenvalue weighted by atomic mass is 16.5. The maximum absolute atomic E-state index is 10.6. The lowest BCUT2D eigenvalue weighted by Gasteiger charge is -2.00. The third-order valence-corrected chi connectivity index (χ3v) is 1.87. The molecule has 0 unspecified atom stereocenters. The quantitative estimate of drug-likeness (QED) is 0.814. The average Bonchev–Trinajstić information content (AvgIpc) is 2.24. The molecule has 15 heavy (non-hydrogen) atoms. The van der Waals surface area contributed by atoms with Crippen molar-refractivity contribution in [3.05, 3.63) is 35.9 Å². The third-order valence-electron chi connectivity index (χ3n) is 1.87. The molecule has 0 aliphatic carbocycles. The number of carbonyl (C=O) groups is 1. The van der Waals surface area contributed by atoms with E-state index in [1.54, 1.807) is 7.11 Å². The fraction of sp³-hybridized carbons (Fsp3) is 0.250. The first-order valence-electron chi connectivity index (χ1n) is 4.77. The standard InChI is InChI=1S/C12H15NO2/c1-10(14)13-8-4-6-11-5-3-7-12(9-11)15-2/h3-7,9H,8H2,1-2H3,(H,13,14)/b6-4+. The van der Waals surface area contributed by atoms with Gasteiger partial charge in [-0.05, 0) is 17.7 Å². The molecule has 0 saturated heterocycles. The van der Waals surface area contributed by atoms with Gasteiger partial charge in [-0.2, -0.15) is 0 Å². The van der Waals surface area contributed by atoms with E-state index >= 15 is 0 Å². The molecule has 80 valence electrons. The molecule has 3 heteroatoms. The Hall–Kier alpha value is -1.77. The molecule has 0 aromatic heterocycles. The van der Waals surface area contributed by atoms with E-state index in [-0.39, 0.29) is 5.91 Å². The Morgan fingerprint density at radius 3 is 3.00 bits per heavy atom. The van der Waals surface area contributed by atoms with Crippen LogP contribution in [0.5, 0.6) is 5.75 Å². The predicted molar refractivity (Wildman–Crippen MR) is 60.7 cm³/mol. The van der Waals surface area contributed by atoms with Crippen molar-refractivity contribution in [2.24, 2.45) is 0 Å². The first kappa shape index (κ1) is 11.3. The molecular formula is C12H15NO2. The summed E-state index contributed by atoms with van der Waals surface area (Å²) in [6.07, 6.45) is 3.84. The molecule has 0 radical (unpaired) electrons. The second kappa shape index (κ2) is 5.86. The molecule has 0 aliphatic heterocycles. The molecule has 0 bridgehead atoms. The minimum atomic E-state index is -0.0229. The molecule has 0 aliphatic rings. The summed E-state index contributed by atoms with van der Waals surface area (Å²) in [4.78, 5) is 10.6. The number of nitrogens with one attached hydrogen (secondary N) is 1. The van der Waals surface area contributed by atoms with Crippen LogP contribution in [0, 0.1) is 0 Å². The van der Waals surface area contributed by atoms with E-state index in [0.29, 0.717) is 6.54 Å². The summed E-state index contributed by atoms with van der Waals surface area (Å²) >= 11 is 0. The van der Waals surface area contributed by atoms with Gasteiger partial charge in [0.25, 0.3) is 0 Å². The number of carbonyl (C=O) groups excluding carboxylic acids is 1. The van der Waals surface area contributed by atoms with Gasteiger partial charge in [-0.25, -0.2) is 0 Å². The molecule has 0 spiro atoms. The summed E-state index contributed by atoms with van der Waals surface area (Å²) in [5, 5.41) is 2.69. The van der Waals surface area contributed by atoms with Gasteiger partial charge in [0.15, 0.2) is 0 Å². The van der Waals surface area contributed by atoms with Gasteiger partial charge in [-0.3, -0.25) is 4.79 Å². The van der Waals surface area contributed by atoms with Gasteiger partial charge in [0, 0.05) is 13.5 Å². The number of methoxy groups -OCH3 is 1. The lowest BCUT2D eigenvalue weighted by molar-refractivity contribution is -0.118. The second-order valence-corrected chi connectivity index (χ2v) is 3.12.